The van der Waals surface area contributed by atoms with Gasteiger partial charge in [-0.2, -0.15) is 5.10 Å². The van der Waals surface area contributed by atoms with Crippen LogP contribution in [0.4, 0.5) is 0 Å². The van der Waals surface area contributed by atoms with Crippen molar-refractivity contribution in [3.05, 3.63) is 89.9 Å². The number of thiazole rings is 1. The van der Waals surface area contributed by atoms with Crippen molar-refractivity contribution in [3.63, 3.8) is 0 Å². The average molecular weight is 460 g/mol. The second-order valence-corrected chi connectivity index (χ2v) is 8.41. The Balaban J connectivity index is 1.55. The van der Waals surface area contributed by atoms with Crippen LogP contribution in [0.3, 0.4) is 0 Å². The van der Waals surface area contributed by atoms with Crippen molar-refractivity contribution >= 4 is 28.9 Å². The van der Waals surface area contributed by atoms with Crippen LogP contribution in [-0.2, 0) is 16.0 Å². The monoisotopic (exact) mass is 459 g/mol. The first kappa shape index (κ1) is 22.1. The van der Waals surface area contributed by atoms with Crippen molar-refractivity contribution in [2.75, 3.05) is 0 Å². The Bertz CT molecular complexity index is 1300. The van der Waals surface area contributed by atoms with Crippen molar-refractivity contribution in [3.8, 4) is 15.6 Å². The van der Waals surface area contributed by atoms with Crippen LogP contribution in [0.2, 0.25) is 0 Å². The normalized spacial score (nSPS) is 11.7. The van der Waals surface area contributed by atoms with Crippen LogP contribution < -0.4 is 11.1 Å². The molecule has 0 aliphatic heterocycles. The molecule has 0 bridgehead atoms. The SMILES string of the molecule is Cc1cc(C(=O)N[C@@H](Cc2ccccc2)C(=O)C(N)=O)nn1-c1ncc(-c2ccccc2)s1. The summed E-state index contributed by atoms with van der Waals surface area (Å²) >= 11 is 1.45. The van der Waals surface area contributed by atoms with E-state index in [9.17, 15) is 14.4 Å². The summed E-state index contributed by atoms with van der Waals surface area (Å²) in [5.41, 5.74) is 7.83. The molecule has 0 aliphatic rings. The highest BCUT2D eigenvalue weighted by Crippen LogP contribution is 2.28. The highest BCUT2D eigenvalue weighted by molar-refractivity contribution is 7.17. The first-order valence-electron chi connectivity index (χ1n) is 10.2. The Morgan fingerprint density at radius 1 is 1.06 bits per heavy atom. The van der Waals surface area contributed by atoms with Gasteiger partial charge in [-0.05, 0) is 24.1 Å². The number of aromatic nitrogens is 3. The van der Waals surface area contributed by atoms with Crippen LogP contribution >= 0.6 is 11.3 Å². The molecule has 4 aromatic rings. The summed E-state index contributed by atoms with van der Waals surface area (Å²) in [6.45, 7) is 1.81. The van der Waals surface area contributed by atoms with Gasteiger partial charge in [0.25, 0.3) is 11.8 Å². The maximum atomic E-state index is 12.9. The zero-order valence-corrected chi connectivity index (χ0v) is 18.6. The molecule has 0 spiro atoms. The first-order chi connectivity index (χ1) is 15.9. The molecular formula is C24H21N5O3S. The largest absolute Gasteiger partial charge is 0.363 e. The fourth-order valence-electron chi connectivity index (χ4n) is 3.34. The molecule has 2 heterocycles. The minimum absolute atomic E-state index is 0.110. The van der Waals surface area contributed by atoms with Crippen molar-refractivity contribution in [1.82, 2.24) is 20.1 Å². The van der Waals surface area contributed by atoms with Gasteiger partial charge < -0.3 is 11.1 Å². The van der Waals surface area contributed by atoms with Gasteiger partial charge in [-0.1, -0.05) is 72.0 Å². The van der Waals surface area contributed by atoms with Crippen LogP contribution in [0.25, 0.3) is 15.6 Å². The number of hydrogen-bond donors (Lipinski definition) is 2. The second-order valence-electron chi connectivity index (χ2n) is 7.40. The predicted molar refractivity (Wildman–Crippen MR) is 125 cm³/mol. The number of rotatable bonds is 8. The highest BCUT2D eigenvalue weighted by Gasteiger charge is 2.27. The Morgan fingerprint density at radius 2 is 1.73 bits per heavy atom. The van der Waals surface area contributed by atoms with Crippen molar-refractivity contribution in [2.24, 2.45) is 5.73 Å². The molecule has 0 saturated carbocycles. The maximum Gasteiger partial charge on any atom is 0.287 e. The van der Waals surface area contributed by atoms with Gasteiger partial charge in [-0.25, -0.2) is 9.67 Å². The van der Waals surface area contributed by atoms with Crippen LogP contribution in [0, 0.1) is 6.92 Å². The number of carbonyl (C=O) groups excluding carboxylic acids is 3. The molecule has 0 radical (unpaired) electrons. The first-order valence-corrected chi connectivity index (χ1v) is 11.0. The van der Waals surface area contributed by atoms with E-state index in [0.717, 1.165) is 16.0 Å². The maximum absolute atomic E-state index is 12.9. The Hall–Kier alpha value is -4.11. The van der Waals surface area contributed by atoms with Gasteiger partial charge in [0, 0.05) is 18.3 Å². The quantitative estimate of drug-likeness (QED) is 0.393. The molecule has 3 N–H and O–H groups in total. The highest BCUT2D eigenvalue weighted by atomic mass is 32.1. The number of nitrogens with two attached hydrogens (primary N) is 1. The Labute approximate surface area is 194 Å². The third kappa shape index (κ3) is 5.04. The fraction of sp³-hybridized carbons (Fsp3) is 0.125. The number of amides is 2. The van der Waals surface area contributed by atoms with Crippen molar-refractivity contribution in [2.45, 2.75) is 19.4 Å². The molecule has 8 nitrogen and oxygen atoms in total. The summed E-state index contributed by atoms with van der Waals surface area (Å²) in [5, 5.41) is 7.59. The molecule has 0 saturated heterocycles. The Kier molecular flexibility index (Phi) is 6.41. The van der Waals surface area contributed by atoms with E-state index in [0.29, 0.717) is 10.8 Å². The van der Waals surface area contributed by atoms with E-state index in [1.165, 1.54) is 11.3 Å². The molecule has 2 aromatic carbocycles. The third-order valence-corrected chi connectivity index (χ3v) is 6.02. The van der Waals surface area contributed by atoms with Gasteiger partial charge in [0.1, 0.15) is 6.04 Å². The van der Waals surface area contributed by atoms with Gasteiger partial charge in [0.15, 0.2) is 5.69 Å². The lowest BCUT2D eigenvalue weighted by Crippen LogP contribution is -2.47. The molecule has 1 atom stereocenters. The van der Waals surface area contributed by atoms with Gasteiger partial charge in [0.2, 0.25) is 10.9 Å². The topological polar surface area (TPSA) is 120 Å². The summed E-state index contributed by atoms with van der Waals surface area (Å²) in [6, 6.07) is 19.4. The standard InChI is InChI=1S/C24H21N5O3S/c1-15-12-19(28-29(15)24-26-14-20(33-24)17-10-6-3-7-11-17)23(32)27-18(21(30)22(25)31)13-16-8-4-2-5-9-16/h2-12,14,18H,13H2,1H3,(H2,25,31)(H,27,32)/t18-/m0/s1. The molecule has 4 rings (SSSR count). The molecular weight excluding hydrogens is 438 g/mol. The van der Waals surface area contributed by atoms with Crippen molar-refractivity contribution in [1.29, 1.82) is 0 Å². The number of ketones is 1. The zero-order valence-electron chi connectivity index (χ0n) is 17.8. The number of hydrogen-bond acceptors (Lipinski definition) is 6. The van der Waals surface area contributed by atoms with Gasteiger partial charge in [0.05, 0.1) is 4.88 Å². The van der Waals surface area contributed by atoms with E-state index >= 15 is 0 Å². The van der Waals surface area contributed by atoms with Crippen molar-refractivity contribution < 1.29 is 14.4 Å². The lowest BCUT2D eigenvalue weighted by molar-refractivity contribution is -0.137. The third-order valence-electron chi connectivity index (χ3n) is 5.00. The number of benzene rings is 2. The minimum Gasteiger partial charge on any atom is -0.363 e. The summed E-state index contributed by atoms with van der Waals surface area (Å²) in [5.74, 6) is -2.54. The molecule has 0 aliphatic carbocycles. The lowest BCUT2D eigenvalue weighted by atomic mass is 10.0. The number of primary amides is 1. The average Bonchev–Trinajstić information content (AvgIpc) is 3.46. The number of nitrogens with zero attached hydrogens (tertiary/aromatic N) is 3. The smallest absolute Gasteiger partial charge is 0.287 e. The molecule has 0 fully saturated rings. The van der Waals surface area contributed by atoms with E-state index < -0.39 is 23.6 Å². The predicted octanol–water partition coefficient (Wildman–Crippen LogP) is 2.70. The number of nitrogens with one attached hydrogen (secondary N) is 1. The fourth-order valence-corrected chi connectivity index (χ4v) is 4.27. The number of aryl methyl sites for hydroxylation is 1. The van der Waals surface area contributed by atoms with Crippen LogP contribution in [0.1, 0.15) is 21.7 Å². The minimum atomic E-state index is -1.10. The lowest BCUT2D eigenvalue weighted by Gasteiger charge is -2.15. The van der Waals surface area contributed by atoms with Crippen LogP contribution in [0.5, 0.6) is 0 Å². The van der Waals surface area contributed by atoms with E-state index in [2.05, 4.69) is 15.4 Å². The van der Waals surface area contributed by atoms with Crippen LogP contribution in [0.15, 0.2) is 72.9 Å². The number of carbonyl (C=O) groups is 3. The molecule has 2 amide bonds. The molecule has 2 aromatic heterocycles. The van der Waals surface area contributed by atoms with E-state index in [-0.39, 0.29) is 12.1 Å². The van der Waals surface area contributed by atoms with Gasteiger partial charge in [-0.15, -0.1) is 0 Å². The van der Waals surface area contributed by atoms with Gasteiger partial charge in [-0.3, -0.25) is 14.4 Å². The van der Waals surface area contributed by atoms with E-state index in [4.69, 9.17) is 5.73 Å². The summed E-state index contributed by atoms with van der Waals surface area (Å²) in [7, 11) is 0. The second kappa shape index (κ2) is 9.58. The summed E-state index contributed by atoms with van der Waals surface area (Å²) < 4.78 is 1.58. The molecule has 33 heavy (non-hydrogen) atoms. The van der Waals surface area contributed by atoms with Crippen LogP contribution in [-0.4, -0.2) is 38.4 Å². The number of Topliss-reactive ketones (excluding diaryl/α,β-unsaturated/α-hetero) is 1. The van der Waals surface area contributed by atoms with Gasteiger partial charge >= 0.3 is 0 Å². The zero-order chi connectivity index (χ0) is 23.4. The van der Waals surface area contributed by atoms with E-state index in [1.807, 2.05) is 55.5 Å². The Morgan fingerprint density at radius 3 is 2.39 bits per heavy atom. The molecule has 166 valence electrons. The molecule has 9 heteroatoms. The van der Waals surface area contributed by atoms with E-state index in [1.54, 1.807) is 29.1 Å². The summed E-state index contributed by atoms with van der Waals surface area (Å²) in [6.07, 6.45) is 1.90. The molecule has 0 unspecified atom stereocenters. The summed E-state index contributed by atoms with van der Waals surface area (Å²) in [4.78, 5) is 42.1.